The summed E-state index contributed by atoms with van der Waals surface area (Å²) in [4.78, 5) is 12.0. The number of aromatic hydroxyl groups is 1. The average molecular weight is 288 g/mol. The van der Waals surface area contributed by atoms with E-state index in [-0.39, 0.29) is 5.39 Å². The van der Waals surface area contributed by atoms with Gasteiger partial charge in [0, 0.05) is 11.5 Å². The summed E-state index contributed by atoms with van der Waals surface area (Å²) in [6.45, 7) is 0. The van der Waals surface area contributed by atoms with Crippen LogP contribution < -0.4 is 0 Å². The third-order valence-electron chi connectivity index (χ3n) is 2.34. The van der Waals surface area contributed by atoms with Crippen LogP contribution in [0.2, 0.25) is 0 Å². The van der Waals surface area contributed by atoms with E-state index in [1.165, 1.54) is 0 Å². The molecule has 2 N–H and O–H groups in total. The van der Waals surface area contributed by atoms with Gasteiger partial charge in [-0.1, -0.05) is 0 Å². The molecule has 0 fully saturated rings. The molecule has 100 valence electrons. The highest BCUT2D eigenvalue weighted by atomic mass is 32.2. The summed E-state index contributed by atoms with van der Waals surface area (Å²) < 4.78 is 44.3. The number of halogens is 1. The Bertz CT molecular complexity index is 804. The number of phenolic OH excluding ortho intramolecular Hbond substituents is 1. The first-order valence-electron chi connectivity index (χ1n) is 4.66. The molecule has 0 aliphatic rings. The van der Waals surface area contributed by atoms with Crippen LogP contribution in [0.3, 0.4) is 0 Å². The van der Waals surface area contributed by atoms with Crippen LogP contribution in [0, 0.1) is 16.1 Å². The molecule has 0 amide bonds. The van der Waals surface area contributed by atoms with Crippen LogP contribution in [0.1, 0.15) is 0 Å². The molecule has 0 aliphatic heterocycles. The van der Waals surface area contributed by atoms with Gasteiger partial charge >= 0.3 is 5.69 Å². The molecule has 2 aromatic rings. The van der Waals surface area contributed by atoms with Gasteiger partial charge in [-0.15, -0.1) is 0 Å². The number of nitro groups is 1. The largest absolute Gasteiger partial charge is 0.501 e. The average Bonchev–Trinajstić information content (AvgIpc) is 2.28. The Balaban J connectivity index is 3.05. The minimum Gasteiger partial charge on any atom is -0.501 e. The standard InChI is InChI=1S/C9H5FN2O6S/c10-7-2-1-4-6(19(16,17)18)3-5(12(14)15)9(13)8(4)11-7/h1-3,13H,(H,16,17,18). The van der Waals surface area contributed by atoms with Gasteiger partial charge in [0.05, 0.1) is 4.92 Å². The maximum atomic E-state index is 13.0. The highest BCUT2D eigenvalue weighted by Crippen LogP contribution is 2.37. The van der Waals surface area contributed by atoms with Gasteiger partial charge in [0.2, 0.25) is 11.7 Å². The van der Waals surface area contributed by atoms with Crippen LogP contribution in [0.15, 0.2) is 23.1 Å². The highest BCUT2D eigenvalue weighted by molar-refractivity contribution is 7.86. The van der Waals surface area contributed by atoms with E-state index in [0.29, 0.717) is 6.07 Å². The minimum atomic E-state index is -4.79. The van der Waals surface area contributed by atoms with Gasteiger partial charge in [-0.3, -0.25) is 14.7 Å². The van der Waals surface area contributed by atoms with Crippen molar-refractivity contribution in [2.75, 3.05) is 0 Å². The SMILES string of the molecule is O=[N+]([O-])c1cc(S(=O)(=O)O)c2ccc(F)nc2c1O. The number of rotatable bonds is 2. The van der Waals surface area contributed by atoms with Gasteiger partial charge in [-0.2, -0.15) is 12.8 Å². The molecule has 0 radical (unpaired) electrons. The molecule has 0 unspecified atom stereocenters. The van der Waals surface area contributed by atoms with Gasteiger partial charge in [0.25, 0.3) is 10.1 Å². The zero-order valence-electron chi connectivity index (χ0n) is 8.94. The van der Waals surface area contributed by atoms with E-state index in [4.69, 9.17) is 4.55 Å². The number of phenols is 1. The Morgan fingerprint density at radius 2 is 2.00 bits per heavy atom. The predicted octanol–water partition coefficient (Wildman–Crippen LogP) is 1.23. The van der Waals surface area contributed by atoms with E-state index in [9.17, 15) is 28.0 Å². The van der Waals surface area contributed by atoms with Crippen LogP contribution in [-0.4, -0.2) is 28.0 Å². The normalized spacial score (nSPS) is 11.7. The van der Waals surface area contributed by atoms with Crippen LogP contribution in [0.25, 0.3) is 10.9 Å². The smallest absolute Gasteiger partial charge is 0.314 e. The summed E-state index contributed by atoms with van der Waals surface area (Å²) in [7, 11) is -4.79. The number of nitrogens with zero attached hydrogens (tertiary/aromatic N) is 2. The minimum absolute atomic E-state index is 0.327. The molecular formula is C9H5FN2O6S. The molecule has 1 aromatic carbocycles. The van der Waals surface area contributed by atoms with Crippen molar-refractivity contribution in [3.05, 3.63) is 34.3 Å². The fourth-order valence-corrected chi connectivity index (χ4v) is 2.26. The van der Waals surface area contributed by atoms with Gasteiger partial charge in [-0.25, -0.2) is 4.98 Å². The zero-order valence-corrected chi connectivity index (χ0v) is 9.76. The van der Waals surface area contributed by atoms with Crippen LogP contribution in [0.5, 0.6) is 5.75 Å². The first kappa shape index (κ1) is 13.1. The number of nitro benzene ring substituents is 1. The van der Waals surface area contributed by atoms with Crippen molar-refractivity contribution in [2.45, 2.75) is 4.90 Å². The maximum Gasteiger partial charge on any atom is 0.314 e. The van der Waals surface area contributed by atoms with Crippen LogP contribution >= 0.6 is 0 Å². The fourth-order valence-electron chi connectivity index (χ4n) is 1.56. The Kier molecular flexibility index (Phi) is 2.83. The van der Waals surface area contributed by atoms with Crippen molar-refractivity contribution >= 4 is 26.7 Å². The van der Waals surface area contributed by atoms with E-state index >= 15 is 0 Å². The highest BCUT2D eigenvalue weighted by Gasteiger charge is 2.26. The molecule has 19 heavy (non-hydrogen) atoms. The number of hydrogen-bond acceptors (Lipinski definition) is 6. The second-order valence-corrected chi connectivity index (χ2v) is 4.89. The van der Waals surface area contributed by atoms with E-state index in [1.807, 2.05) is 0 Å². The fraction of sp³-hybridized carbons (Fsp3) is 0. The maximum absolute atomic E-state index is 13.0. The summed E-state index contributed by atoms with van der Waals surface area (Å²) in [6, 6.07) is 2.21. The van der Waals surface area contributed by atoms with E-state index in [1.54, 1.807) is 0 Å². The lowest BCUT2D eigenvalue weighted by molar-refractivity contribution is -0.385. The lowest BCUT2D eigenvalue weighted by Gasteiger charge is -2.06. The molecule has 1 heterocycles. The molecular weight excluding hydrogens is 283 g/mol. The third-order valence-corrected chi connectivity index (χ3v) is 3.23. The number of pyridine rings is 1. The van der Waals surface area contributed by atoms with Crippen molar-refractivity contribution in [2.24, 2.45) is 0 Å². The first-order chi connectivity index (χ1) is 8.71. The Morgan fingerprint density at radius 3 is 2.53 bits per heavy atom. The predicted molar refractivity (Wildman–Crippen MR) is 59.8 cm³/mol. The quantitative estimate of drug-likeness (QED) is 0.367. The molecule has 0 saturated carbocycles. The summed E-state index contributed by atoms with van der Waals surface area (Å²) in [5.41, 5.74) is -1.62. The van der Waals surface area contributed by atoms with Crippen LogP contribution in [0.4, 0.5) is 10.1 Å². The Morgan fingerprint density at radius 1 is 1.37 bits per heavy atom. The van der Waals surface area contributed by atoms with Crippen molar-refractivity contribution < 1.29 is 27.4 Å². The van der Waals surface area contributed by atoms with Crippen molar-refractivity contribution in [1.29, 1.82) is 0 Å². The van der Waals surface area contributed by atoms with Gasteiger partial charge < -0.3 is 5.11 Å². The first-order valence-corrected chi connectivity index (χ1v) is 6.10. The second kappa shape index (κ2) is 4.10. The molecule has 10 heteroatoms. The zero-order chi connectivity index (χ0) is 14.4. The molecule has 1 aromatic heterocycles. The summed E-state index contributed by atoms with van der Waals surface area (Å²) in [5.74, 6) is -2.04. The summed E-state index contributed by atoms with van der Waals surface area (Å²) in [6.07, 6.45) is 0. The molecule has 8 nitrogen and oxygen atoms in total. The molecule has 0 aliphatic carbocycles. The van der Waals surface area contributed by atoms with Crippen LogP contribution in [-0.2, 0) is 10.1 Å². The molecule has 0 bridgehead atoms. The monoisotopic (exact) mass is 288 g/mol. The molecule has 0 saturated heterocycles. The lowest BCUT2D eigenvalue weighted by atomic mass is 10.2. The van der Waals surface area contributed by atoms with E-state index in [0.717, 1.165) is 12.1 Å². The number of aromatic nitrogens is 1. The van der Waals surface area contributed by atoms with Gasteiger partial charge in [0.15, 0.2) is 0 Å². The Hall–Kier alpha value is -2.33. The second-order valence-electron chi connectivity index (χ2n) is 3.50. The van der Waals surface area contributed by atoms with E-state index in [2.05, 4.69) is 4.98 Å². The van der Waals surface area contributed by atoms with Gasteiger partial charge in [-0.05, 0) is 12.1 Å². The van der Waals surface area contributed by atoms with Gasteiger partial charge in [0.1, 0.15) is 10.4 Å². The Labute approximate surface area is 105 Å². The topological polar surface area (TPSA) is 131 Å². The van der Waals surface area contributed by atoms with E-state index < -0.39 is 42.8 Å². The van der Waals surface area contributed by atoms with Crippen molar-refractivity contribution in [3.63, 3.8) is 0 Å². The summed E-state index contributed by atoms with van der Waals surface area (Å²) >= 11 is 0. The number of fused-ring (bicyclic) bond motifs is 1. The van der Waals surface area contributed by atoms with Crippen molar-refractivity contribution in [3.8, 4) is 5.75 Å². The molecule has 2 rings (SSSR count). The molecule has 0 atom stereocenters. The third kappa shape index (κ3) is 2.18. The molecule has 0 spiro atoms. The number of hydrogen-bond donors (Lipinski definition) is 2. The lowest BCUT2D eigenvalue weighted by Crippen LogP contribution is -2.02. The summed E-state index contributed by atoms with van der Waals surface area (Å²) in [5, 5.41) is 19.9. The van der Waals surface area contributed by atoms with Crippen molar-refractivity contribution in [1.82, 2.24) is 4.98 Å². The number of benzene rings is 1.